The van der Waals surface area contributed by atoms with Crippen LogP contribution in [-0.2, 0) is 10.8 Å². The Morgan fingerprint density at radius 1 is 0.413 bits per heavy atom. The van der Waals surface area contributed by atoms with Crippen molar-refractivity contribution in [1.82, 2.24) is 9.97 Å². The number of nitriles is 4. The Hall–Kier alpha value is -10.9. The van der Waals surface area contributed by atoms with Gasteiger partial charge in [0, 0.05) is 98.6 Å². The van der Waals surface area contributed by atoms with Crippen molar-refractivity contribution in [2.75, 3.05) is 14.2 Å². The molecule has 0 saturated heterocycles. The zero-order valence-corrected chi connectivity index (χ0v) is 53.5. The van der Waals surface area contributed by atoms with E-state index in [1.54, 1.807) is 73.6 Å². The van der Waals surface area contributed by atoms with E-state index < -0.39 is 10.8 Å². The van der Waals surface area contributed by atoms with Crippen LogP contribution in [0.1, 0.15) is 108 Å². The van der Waals surface area contributed by atoms with E-state index in [0.29, 0.717) is 43.5 Å². The number of carbonyl (C=O) groups excluding carboxylic acids is 2. The number of methoxy groups -OCH3 is 2. The van der Waals surface area contributed by atoms with Crippen LogP contribution < -0.4 is 9.47 Å². The summed E-state index contributed by atoms with van der Waals surface area (Å²) in [6.07, 6.45) is 9.69. The molecule has 0 N–H and O–H groups in total. The first-order valence-electron chi connectivity index (χ1n) is 29.4. The van der Waals surface area contributed by atoms with Crippen molar-refractivity contribution in [3.63, 3.8) is 0 Å². The van der Waals surface area contributed by atoms with Crippen LogP contribution in [0.5, 0.6) is 11.5 Å². The molecule has 5 aromatic carbocycles. The molecular formula is C78H48N6O4S4. The van der Waals surface area contributed by atoms with E-state index in [1.807, 2.05) is 36.4 Å². The largest absolute Gasteiger partial charge is 0.495 e. The maximum Gasteiger partial charge on any atom is 0.194 e. The van der Waals surface area contributed by atoms with Crippen LogP contribution in [0.15, 0.2) is 193 Å². The lowest BCUT2D eigenvalue weighted by molar-refractivity contribution is 0.103. The van der Waals surface area contributed by atoms with Crippen LogP contribution in [0.4, 0.5) is 0 Å². The molecule has 438 valence electrons. The molecule has 6 heterocycles. The number of rotatable bonds is 10. The first-order chi connectivity index (χ1) is 44.8. The van der Waals surface area contributed by atoms with E-state index in [9.17, 15) is 30.6 Å². The number of hydrogen-bond acceptors (Lipinski definition) is 14. The van der Waals surface area contributed by atoms with Crippen molar-refractivity contribution in [3.8, 4) is 76.2 Å². The molecular weight excluding hydrogens is 1210 g/mol. The lowest BCUT2D eigenvalue weighted by Crippen LogP contribution is -2.30. The molecule has 0 saturated carbocycles. The molecule has 0 amide bonds. The Morgan fingerprint density at radius 3 is 1.07 bits per heavy atom. The molecule has 0 radical (unpaired) electrons. The maximum absolute atomic E-state index is 14.2. The first kappa shape index (κ1) is 57.5. The number of benzene rings is 5. The van der Waals surface area contributed by atoms with Crippen LogP contribution in [0.3, 0.4) is 0 Å². The second-order valence-electron chi connectivity index (χ2n) is 23.3. The maximum atomic E-state index is 14.2. The highest BCUT2D eigenvalue weighted by molar-refractivity contribution is 7.25. The van der Waals surface area contributed by atoms with Gasteiger partial charge >= 0.3 is 0 Å². The Kier molecular flexibility index (Phi) is 13.7. The van der Waals surface area contributed by atoms with E-state index in [0.717, 1.165) is 107 Å². The highest BCUT2D eigenvalue weighted by Crippen LogP contribution is 2.67. The fourth-order valence-corrected chi connectivity index (χ4v) is 18.8. The summed E-state index contributed by atoms with van der Waals surface area (Å²) in [5, 5.41) is 40.6. The van der Waals surface area contributed by atoms with Gasteiger partial charge in [0.15, 0.2) is 11.6 Å². The van der Waals surface area contributed by atoms with Gasteiger partial charge in [0.2, 0.25) is 0 Å². The van der Waals surface area contributed by atoms with Crippen LogP contribution in [-0.4, -0.2) is 35.8 Å². The summed E-state index contributed by atoms with van der Waals surface area (Å²) >= 11 is 6.41. The molecule has 4 aliphatic rings. The highest BCUT2D eigenvalue weighted by atomic mass is 32.1. The molecule has 14 heteroatoms. The van der Waals surface area contributed by atoms with Gasteiger partial charge in [-0.1, -0.05) is 119 Å². The molecule has 92 heavy (non-hydrogen) atoms. The number of fused-ring (bicyclic) bond motifs is 8. The first-order valence-corrected chi connectivity index (χ1v) is 32.7. The van der Waals surface area contributed by atoms with Crippen molar-refractivity contribution < 1.29 is 19.1 Å². The zero-order chi connectivity index (χ0) is 63.5. The molecule has 0 aliphatic heterocycles. The second kappa shape index (κ2) is 21.9. The number of aromatic nitrogens is 2. The molecule has 6 aromatic heterocycles. The van der Waals surface area contributed by atoms with Crippen molar-refractivity contribution in [1.29, 1.82) is 21.0 Å². The molecule has 0 unspecified atom stereocenters. The molecule has 0 bridgehead atoms. The van der Waals surface area contributed by atoms with E-state index >= 15 is 0 Å². The van der Waals surface area contributed by atoms with Crippen molar-refractivity contribution >= 4 is 80.2 Å². The van der Waals surface area contributed by atoms with E-state index in [-0.39, 0.29) is 45.0 Å². The Balaban J connectivity index is 0.980. The predicted octanol–water partition coefficient (Wildman–Crippen LogP) is 18.2. The number of aryl methyl sites for hydroxylation is 4. The molecule has 0 atom stereocenters. The highest BCUT2D eigenvalue weighted by Gasteiger charge is 2.53. The summed E-state index contributed by atoms with van der Waals surface area (Å²) in [5.41, 5.74) is 16.4. The fraction of sp³-hybridized carbons (Fsp3) is 0.103. The van der Waals surface area contributed by atoms with Crippen LogP contribution in [0.2, 0.25) is 0 Å². The third-order valence-electron chi connectivity index (χ3n) is 18.2. The van der Waals surface area contributed by atoms with E-state index in [1.165, 1.54) is 35.1 Å². The van der Waals surface area contributed by atoms with Gasteiger partial charge in [-0.05, 0) is 144 Å². The van der Waals surface area contributed by atoms with Crippen molar-refractivity contribution in [3.05, 3.63) is 291 Å². The van der Waals surface area contributed by atoms with Crippen LogP contribution >= 0.6 is 45.3 Å². The number of ketones is 2. The minimum absolute atomic E-state index is 0.162. The van der Waals surface area contributed by atoms with Gasteiger partial charge in [0.05, 0.1) is 34.8 Å². The van der Waals surface area contributed by atoms with Crippen molar-refractivity contribution in [2.45, 2.75) is 38.5 Å². The van der Waals surface area contributed by atoms with Gasteiger partial charge < -0.3 is 9.47 Å². The number of thiophene rings is 4. The minimum Gasteiger partial charge on any atom is -0.495 e. The molecule has 10 nitrogen and oxygen atoms in total. The molecule has 15 rings (SSSR count). The van der Waals surface area contributed by atoms with Gasteiger partial charge in [0.25, 0.3) is 0 Å². The average molecular weight is 1260 g/mol. The van der Waals surface area contributed by atoms with Gasteiger partial charge in [-0.15, -0.1) is 45.3 Å². The van der Waals surface area contributed by atoms with Crippen LogP contribution in [0.25, 0.3) is 63.7 Å². The molecule has 0 spiro atoms. The second-order valence-corrected chi connectivity index (χ2v) is 27.5. The lowest BCUT2D eigenvalue weighted by Gasteiger charge is -2.35. The normalized spacial score (nSPS) is 15.0. The summed E-state index contributed by atoms with van der Waals surface area (Å²) in [6.45, 7) is 8.46. The van der Waals surface area contributed by atoms with Gasteiger partial charge in [0.1, 0.15) is 46.9 Å². The van der Waals surface area contributed by atoms with Crippen molar-refractivity contribution in [2.24, 2.45) is 0 Å². The smallest absolute Gasteiger partial charge is 0.194 e. The molecule has 11 aromatic rings. The topological polar surface area (TPSA) is 174 Å². The number of ether oxygens (including phenoxy) is 2. The Bertz CT molecular complexity index is 4910. The van der Waals surface area contributed by atoms with Crippen LogP contribution in [0, 0.1) is 73.0 Å². The number of carbonyl (C=O) groups is 2. The number of pyridine rings is 2. The average Bonchev–Trinajstić information content (AvgIpc) is 1.49. The third-order valence-corrected chi connectivity index (χ3v) is 23.0. The summed E-state index contributed by atoms with van der Waals surface area (Å²) in [7, 11) is 3.31. The van der Waals surface area contributed by atoms with E-state index in [2.05, 4.69) is 159 Å². The summed E-state index contributed by atoms with van der Waals surface area (Å²) in [6, 6.07) is 60.5. The summed E-state index contributed by atoms with van der Waals surface area (Å²) < 4.78 is 12.5. The molecule has 0 fully saturated rings. The summed E-state index contributed by atoms with van der Waals surface area (Å²) in [4.78, 5) is 44.2. The molecule has 4 aliphatic carbocycles. The van der Waals surface area contributed by atoms with Gasteiger partial charge in [-0.2, -0.15) is 21.0 Å². The zero-order valence-electron chi connectivity index (χ0n) is 50.3. The van der Waals surface area contributed by atoms with E-state index in [4.69, 9.17) is 9.47 Å². The standard InChI is InChI=1S/C78H48N6O4S4/c1-41-7-15-47(16-8-41)77(48-17-9-42(2)10-18-48)61-31-56-62(32-55(61)73-63(77)33-67(91-73)75-65(87-5)29-51(89-75)27-57-69(45(35-79)36-80)59-39-83-25-23-53(59)71(57)85)78(49-19-11-43(3)12-20-49,50-21-13-44(4)14-22-50)64-34-68(92-74(56)64)76-66(88-6)30-52(90-76)28-58-70(46(37-81)38-82)60-40-84-26-24-54(60)72(58)86/h7-34,39-40H,1-6H3/b57-27-,58-28-. The number of nitrogens with zero attached hydrogens (tertiary/aromatic N) is 6. The number of Topliss-reactive ketones (excluding diaryl/α,β-unsaturated/α-hetero) is 2. The Labute approximate surface area is 546 Å². The number of allylic oxidation sites excluding steroid dienone is 6. The number of hydrogen-bond donors (Lipinski definition) is 0. The predicted molar refractivity (Wildman–Crippen MR) is 365 cm³/mol. The SMILES string of the molecule is COc1cc(/C=C2\C(=O)c3ccncc3C2=C(C#N)C#N)sc1-c1cc2c(s1)-c1cc3c(cc1C2(c1ccc(C)cc1)c1ccc(C)cc1)-c1sc(-c2sc(/C=C4\C(=O)c5ccncc5C4=C(C#N)C#N)cc2OC)cc1C3(c1ccc(C)cc1)c1ccc(C)cc1. The lowest BCUT2D eigenvalue weighted by atomic mass is 9.65. The Morgan fingerprint density at radius 2 is 0.750 bits per heavy atom. The minimum atomic E-state index is -0.845. The third kappa shape index (κ3) is 8.43. The summed E-state index contributed by atoms with van der Waals surface area (Å²) in [5.74, 6) is 0.670. The fourth-order valence-electron chi connectivity index (χ4n) is 14.0. The quantitative estimate of drug-likeness (QED) is 0.0947. The van der Waals surface area contributed by atoms with Gasteiger partial charge in [-0.25, -0.2) is 0 Å². The van der Waals surface area contributed by atoms with Gasteiger partial charge in [-0.3, -0.25) is 19.6 Å². The monoisotopic (exact) mass is 1260 g/mol.